The van der Waals surface area contributed by atoms with E-state index in [2.05, 4.69) is 41.5 Å². The first-order chi connectivity index (χ1) is 10.8. The van der Waals surface area contributed by atoms with Gasteiger partial charge in [-0.2, -0.15) is 0 Å². The van der Waals surface area contributed by atoms with Crippen LogP contribution in [0.5, 0.6) is 0 Å². The second-order valence-electron chi connectivity index (χ2n) is 9.23. The number of rotatable bonds is 4. The summed E-state index contributed by atoms with van der Waals surface area (Å²) in [6, 6.07) is 0. The van der Waals surface area contributed by atoms with Crippen LogP contribution in [-0.2, 0) is 9.53 Å². The normalized spacial score (nSPS) is 38.8. The molecule has 0 aromatic rings. The van der Waals surface area contributed by atoms with Crippen LogP contribution in [0.3, 0.4) is 0 Å². The highest BCUT2D eigenvalue weighted by Crippen LogP contribution is 2.41. The molecule has 6 unspecified atom stereocenters. The minimum absolute atomic E-state index is 0.111. The van der Waals surface area contributed by atoms with E-state index in [1.807, 2.05) is 0 Å². The molecule has 6 atom stereocenters. The molecule has 134 valence electrons. The Morgan fingerprint density at radius 1 is 0.826 bits per heavy atom. The Labute approximate surface area is 143 Å². The third-order valence-electron chi connectivity index (χ3n) is 6.55. The van der Waals surface area contributed by atoms with Crippen molar-refractivity contribution in [3.05, 3.63) is 0 Å². The standard InChI is InChI=1S/C21H38O2/c1-13(2)17-9-7-15(5)11-19(17)21(22)23-20-12-16(6)8-10-18(20)14(3)4/h13-20H,7-12H2,1-6H3. The van der Waals surface area contributed by atoms with E-state index in [0.717, 1.165) is 12.8 Å². The molecule has 2 heteroatoms. The van der Waals surface area contributed by atoms with Gasteiger partial charge in [0.05, 0.1) is 5.92 Å². The van der Waals surface area contributed by atoms with Gasteiger partial charge in [-0.25, -0.2) is 0 Å². The summed E-state index contributed by atoms with van der Waals surface area (Å²) in [5.74, 6) is 3.83. The number of carbonyl (C=O) groups is 1. The number of hydrogen-bond donors (Lipinski definition) is 0. The summed E-state index contributed by atoms with van der Waals surface area (Å²) in [7, 11) is 0. The van der Waals surface area contributed by atoms with Gasteiger partial charge in [0.2, 0.25) is 0 Å². The molecule has 0 heterocycles. The van der Waals surface area contributed by atoms with Gasteiger partial charge < -0.3 is 4.74 Å². The molecule has 0 aromatic carbocycles. The van der Waals surface area contributed by atoms with Crippen molar-refractivity contribution in [2.75, 3.05) is 0 Å². The van der Waals surface area contributed by atoms with Crippen LogP contribution in [0.15, 0.2) is 0 Å². The first-order valence-corrected chi connectivity index (χ1v) is 10.00. The maximum atomic E-state index is 13.0. The number of hydrogen-bond acceptors (Lipinski definition) is 2. The molecule has 2 rings (SSSR count). The van der Waals surface area contributed by atoms with Crippen LogP contribution >= 0.6 is 0 Å². The number of ether oxygens (including phenoxy) is 1. The summed E-state index contributed by atoms with van der Waals surface area (Å²) >= 11 is 0. The van der Waals surface area contributed by atoms with Gasteiger partial charge in [0.15, 0.2) is 0 Å². The molecule has 0 amide bonds. The number of carbonyl (C=O) groups excluding carboxylic acids is 1. The predicted octanol–water partition coefficient (Wildman–Crippen LogP) is 5.70. The van der Waals surface area contributed by atoms with Crippen LogP contribution in [0.4, 0.5) is 0 Å². The topological polar surface area (TPSA) is 26.3 Å². The highest BCUT2D eigenvalue weighted by Gasteiger charge is 2.39. The molecule has 2 nitrogen and oxygen atoms in total. The maximum Gasteiger partial charge on any atom is 0.309 e. The summed E-state index contributed by atoms with van der Waals surface area (Å²) in [6.45, 7) is 13.7. The fraction of sp³-hybridized carbons (Fsp3) is 0.952. The van der Waals surface area contributed by atoms with Crippen molar-refractivity contribution in [2.45, 2.75) is 86.2 Å². The zero-order valence-corrected chi connectivity index (χ0v) is 16.2. The van der Waals surface area contributed by atoms with E-state index in [0.29, 0.717) is 35.5 Å². The van der Waals surface area contributed by atoms with Crippen molar-refractivity contribution in [1.29, 1.82) is 0 Å². The van der Waals surface area contributed by atoms with Crippen LogP contribution in [-0.4, -0.2) is 12.1 Å². The van der Waals surface area contributed by atoms with Gasteiger partial charge >= 0.3 is 5.97 Å². The van der Waals surface area contributed by atoms with Gasteiger partial charge in [0.1, 0.15) is 6.10 Å². The Kier molecular flexibility index (Phi) is 6.57. The number of esters is 1. The summed E-state index contributed by atoms with van der Waals surface area (Å²) < 4.78 is 6.16. The van der Waals surface area contributed by atoms with Crippen LogP contribution in [0.25, 0.3) is 0 Å². The van der Waals surface area contributed by atoms with Crippen LogP contribution in [0.2, 0.25) is 0 Å². The van der Waals surface area contributed by atoms with Crippen molar-refractivity contribution < 1.29 is 9.53 Å². The van der Waals surface area contributed by atoms with Gasteiger partial charge in [-0.3, -0.25) is 4.79 Å². The molecule has 0 bridgehead atoms. The van der Waals surface area contributed by atoms with Crippen LogP contribution < -0.4 is 0 Å². The molecule has 0 N–H and O–H groups in total. The van der Waals surface area contributed by atoms with E-state index >= 15 is 0 Å². The lowest BCUT2D eigenvalue weighted by atomic mass is 9.70. The average molecular weight is 323 g/mol. The molecule has 0 aliphatic heterocycles. The van der Waals surface area contributed by atoms with Gasteiger partial charge in [-0.05, 0) is 61.2 Å². The summed E-state index contributed by atoms with van der Waals surface area (Å²) in [5.41, 5.74) is 0. The molecule has 2 saturated carbocycles. The Balaban J connectivity index is 2.05. The first kappa shape index (κ1) is 18.8. The molecule has 0 spiro atoms. The third-order valence-corrected chi connectivity index (χ3v) is 6.55. The molecule has 23 heavy (non-hydrogen) atoms. The zero-order valence-electron chi connectivity index (χ0n) is 16.2. The molecule has 0 aromatic heterocycles. The molecular formula is C21H38O2. The van der Waals surface area contributed by atoms with Crippen molar-refractivity contribution in [3.8, 4) is 0 Å². The zero-order chi connectivity index (χ0) is 17.1. The van der Waals surface area contributed by atoms with E-state index in [1.54, 1.807) is 0 Å². The Morgan fingerprint density at radius 2 is 1.35 bits per heavy atom. The molecule has 0 saturated heterocycles. The minimum Gasteiger partial charge on any atom is -0.462 e. The van der Waals surface area contributed by atoms with Crippen molar-refractivity contribution in [1.82, 2.24) is 0 Å². The highest BCUT2D eigenvalue weighted by atomic mass is 16.5. The predicted molar refractivity (Wildman–Crippen MR) is 96.1 cm³/mol. The van der Waals surface area contributed by atoms with E-state index in [1.165, 1.54) is 25.7 Å². The monoisotopic (exact) mass is 322 g/mol. The molecule has 0 radical (unpaired) electrons. The van der Waals surface area contributed by atoms with Crippen molar-refractivity contribution in [2.24, 2.45) is 41.4 Å². The van der Waals surface area contributed by atoms with Gasteiger partial charge in [-0.1, -0.05) is 54.4 Å². The highest BCUT2D eigenvalue weighted by molar-refractivity contribution is 5.73. The van der Waals surface area contributed by atoms with Gasteiger partial charge in [-0.15, -0.1) is 0 Å². The quantitative estimate of drug-likeness (QED) is 0.621. The van der Waals surface area contributed by atoms with Crippen molar-refractivity contribution >= 4 is 5.97 Å². The van der Waals surface area contributed by atoms with E-state index in [9.17, 15) is 4.79 Å². The smallest absolute Gasteiger partial charge is 0.309 e. The lowest BCUT2D eigenvalue weighted by Crippen LogP contribution is -2.40. The Bertz CT molecular complexity index is 387. The van der Waals surface area contributed by atoms with Crippen LogP contribution in [0.1, 0.15) is 80.1 Å². The molecule has 2 aliphatic carbocycles. The fourth-order valence-electron chi connectivity index (χ4n) is 4.96. The SMILES string of the molecule is CC1CCC(C(C)C)C(OC(=O)C2CC(C)CCC2C(C)C)C1. The first-order valence-electron chi connectivity index (χ1n) is 10.00. The second kappa shape index (κ2) is 8.03. The summed E-state index contributed by atoms with van der Waals surface area (Å²) in [6.07, 6.45) is 7.18. The average Bonchev–Trinajstić information content (AvgIpc) is 2.46. The van der Waals surface area contributed by atoms with Crippen molar-refractivity contribution in [3.63, 3.8) is 0 Å². The second-order valence-corrected chi connectivity index (χ2v) is 9.23. The van der Waals surface area contributed by atoms with Crippen LogP contribution in [0, 0.1) is 41.4 Å². The minimum atomic E-state index is 0.111. The Morgan fingerprint density at radius 3 is 1.91 bits per heavy atom. The summed E-state index contributed by atoms with van der Waals surface area (Å²) in [5, 5.41) is 0. The maximum absolute atomic E-state index is 13.0. The summed E-state index contributed by atoms with van der Waals surface area (Å²) in [4.78, 5) is 13.0. The van der Waals surface area contributed by atoms with Gasteiger partial charge in [0, 0.05) is 0 Å². The lowest BCUT2D eigenvalue weighted by molar-refractivity contribution is -0.165. The van der Waals surface area contributed by atoms with E-state index in [-0.39, 0.29) is 18.0 Å². The fourth-order valence-corrected chi connectivity index (χ4v) is 4.96. The largest absolute Gasteiger partial charge is 0.462 e. The molecule has 2 aliphatic rings. The molecular weight excluding hydrogens is 284 g/mol. The Hall–Kier alpha value is -0.530. The molecule has 2 fully saturated rings. The van der Waals surface area contributed by atoms with Gasteiger partial charge in [0.25, 0.3) is 0 Å². The third kappa shape index (κ3) is 4.73. The lowest BCUT2D eigenvalue weighted by Gasteiger charge is -2.40. The van der Waals surface area contributed by atoms with E-state index in [4.69, 9.17) is 4.74 Å². The van der Waals surface area contributed by atoms with E-state index < -0.39 is 0 Å².